The van der Waals surface area contributed by atoms with Gasteiger partial charge in [-0.3, -0.25) is 0 Å². The molecular formula is C17H21N3OS. The number of methoxy groups -OCH3 is 1. The standard InChI is InChI=1S/C17H21N3OS/c1-12-3-4-14-13(9-12)15(21-2)10-17(14)5-7-20(8-6-17)16-19-18-11-22-16/h3-4,9,11,15H,5-8,10H2,1-2H3. The fourth-order valence-corrected chi connectivity index (χ4v) is 4.74. The Morgan fingerprint density at radius 3 is 2.82 bits per heavy atom. The zero-order chi connectivity index (χ0) is 15.2. The third-order valence-electron chi connectivity index (χ3n) is 5.33. The van der Waals surface area contributed by atoms with Gasteiger partial charge >= 0.3 is 0 Å². The quantitative estimate of drug-likeness (QED) is 0.850. The van der Waals surface area contributed by atoms with Crippen LogP contribution in [0.2, 0.25) is 0 Å². The highest BCUT2D eigenvalue weighted by atomic mass is 32.1. The zero-order valence-electron chi connectivity index (χ0n) is 13.1. The van der Waals surface area contributed by atoms with Crippen LogP contribution in [0.5, 0.6) is 0 Å². The fraction of sp³-hybridized carbons (Fsp3) is 0.529. The normalized spacial score (nSPS) is 23.0. The van der Waals surface area contributed by atoms with Gasteiger partial charge in [0.1, 0.15) is 5.51 Å². The number of aryl methyl sites for hydroxylation is 1. The number of aromatic nitrogens is 2. The van der Waals surface area contributed by atoms with Gasteiger partial charge in [0.2, 0.25) is 5.13 Å². The Morgan fingerprint density at radius 2 is 2.14 bits per heavy atom. The third-order valence-corrected chi connectivity index (χ3v) is 6.08. The van der Waals surface area contributed by atoms with Gasteiger partial charge in [0.05, 0.1) is 6.10 Å². The molecular weight excluding hydrogens is 294 g/mol. The van der Waals surface area contributed by atoms with Gasteiger partial charge in [-0.2, -0.15) is 0 Å². The Morgan fingerprint density at radius 1 is 1.32 bits per heavy atom. The molecule has 2 heterocycles. The second-order valence-electron chi connectivity index (χ2n) is 6.51. The Balaban J connectivity index is 1.62. The Labute approximate surface area is 135 Å². The first-order valence-corrected chi connectivity index (χ1v) is 8.75. The second kappa shape index (κ2) is 5.32. The number of piperidine rings is 1. The van der Waals surface area contributed by atoms with Crippen LogP contribution in [0.25, 0.3) is 0 Å². The van der Waals surface area contributed by atoms with Gasteiger partial charge in [-0.1, -0.05) is 35.1 Å². The number of nitrogens with zero attached hydrogens (tertiary/aromatic N) is 3. The van der Waals surface area contributed by atoms with Gasteiger partial charge in [0, 0.05) is 25.6 Å². The molecule has 1 aromatic heterocycles. The van der Waals surface area contributed by atoms with Crippen molar-refractivity contribution in [2.24, 2.45) is 0 Å². The minimum absolute atomic E-state index is 0.253. The highest BCUT2D eigenvalue weighted by Crippen LogP contribution is 2.52. The molecule has 0 N–H and O–H groups in total. The summed E-state index contributed by atoms with van der Waals surface area (Å²) in [6.07, 6.45) is 3.71. The number of ether oxygens (including phenoxy) is 1. The molecule has 0 saturated carbocycles. The maximum absolute atomic E-state index is 5.79. The first kappa shape index (κ1) is 14.2. The molecule has 4 rings (SSSR count). The van der Waals surface area contributed by atoms with E-state index in [1.165, 1.54) is 29.5 Å². The molecule has 2 aliphatic rings. The summed E-state index contributed by atoms with van der Waals surface area (Å²) in [6.45, 7) is 4.27. The Bertz CT molecular complexity index is 663. The maximum atomic E-state index is 5.79. The summed E-state index contributed by atoms with van der Waals surface area (Å²) < 4.78 is 5.79. The van der Waals surface area contributed by atoms with Crippen molar-refractivity contribution in [3.05, 3.63) is 40.4 Å². The first-order valence-electron chi connectivity index (χ1n) is 7.87. The number of hydrogen-bond donors (Lipinski definition) is 0. The van der Waals surface area contributed by atoms with Crippen molar-refractivity contribution in [2.75, 3.05) is 25.1 Å². The minimum Gasteiger partial charge on any atom is -0.377 e. The molecule has 1 saturated heterocycles. The van der Waals surface area contributed by atoms with E-state index in [4.69, 9.17) is 4.74 Å². The van der Waals surface area contributed by atoms with E-state index in [1.807, 2.05) is 12.6 Å². The summed E-state index contributed by atoms with van der Waals surface area (Å²) >= 11 is 1.63. The van der Waals surface area contributed by atoms with Crippen molar-refractivity contribution in [3.8, 4) is 0 Å². The van der Waals surface area contributed by atoms with Crippen LogP contribution in [0.3, 0.4) is 0 Å². The van der Waals surface area contributed by atoms with Crippen molar-refractivity contribution >= 4 is 16.5 Å². The number of benzene rings is 1. The lowest BCUT2D eigenvalue weighted by Gasteiger charge is -2.40. The molecule has 1 aromatic carbocycles. The van der Waals surface area contributed by atoms with E-state index in [9.17, 15) is 0 Å². The Kier molecular flexibility index (Phi) is 3.42. The molecule has 1 spiro atoms. The van der Waals surface area contributed by atoms with Gasteiger partial charge < -0.3 is 9.64 Å². The molecule has 5 heteroatoms. The molecule has 0 amide bonds. The minimum atomic E-state index is 0.253. The van der Waals surface area contributed by atoms with Crippen molar-refractivity contribution in [2.45, 2.75) is 37.7 Å². The number of anilines is 1. The first-order chi connectivity index (χ1) is 10.7. The highest BCUT2D eigenvalue weighted by Gasteiger charge is 2.45. The molecule has 1 aliphatic heterocycles. The molecule has 1 aliphatic carbocycles. The highest BCUT2D eigenvalue weighted by molar-refractivity contribution is 7.13. The zero-order valence-corrected chi connectivity index (χ0v) is 13.9. The predicted molar refractivity (Wildman–Crippen MR) is 88.6 cm³/mol. The van der Waals surface area contributed by atoms with E-state index >= 15 is 0 Å². The molecule has 4 nitrogen and oxygen atoms in total. The third kappa shape index (κ3) is 2.15. The van der Waals surface area contributed by atoms with Gasteiger partial charge in [-0.25, -0.2) is 0 Å². The van der Waals surface area contributed by atoms with Crippen LogP contribution in [0, 0.1) is 6.92 Å². The van der Waals surface area contributed by atoms with Crippen LogP contribution in [-0.2, 0) is 10.2 Å². The molecule has 22 heavy (non-hydrogen) atoms. The summed E-state index contributed by atoms with van der Waals surface area (Å²) in [5, 5.41) is 9.23. The molecule has 116 valence electrons. The van der Waals surface area contributed by atoms with Crippen LogP contribution in [0.15, 0.2) is 23.7 Å². The largest absolute Gasteiger partial charge is 0.377 e. The van der Waals surface area contributed by atoms with E-state index in [2.05, 4.69) is 40.2 Å². The maximum Gasteiger partial charge on any atom is 0.208 e. The lowest BCUT2D eigenvalue weighted by atomic mass is 9.73. The van der Waals surface area contributed by atoms with E-state index < -0.39 is 0 Å². The molecule has 1 fully saturated rings. The summed E-state index contributed by atoms with van der Waals surface area (Å²) in [5.74, 6) is 0. The fourth-order valence-electron chi connectivity index (χ4n) is 4.12. The topological polar surface area (TPSA) is 38.2 Å². The lowest BCUT2D eigenvalue weighted by molar-refractivity contribution is 0.0840. The van der Waals surface area contributed by atoms with Crippen molar-refractivity contribution < 1.29 is 4.74 Å². The van der Waals surface area contributed by atoms with Crippen LogP contribution >= 0.6 is 11.3 Å². The molecule has 1 unspecified atom stereocenters. The number of fused-ring (bicyclic) bond motifs is 2. The van der Waals surface area contributed by atoms with Crippen molar-refractivity contribution in [3.63, 3.8) is 0 Å². The van der Waals surface area contributed by atoms with Crippen molar-refractivity contribution in [1.82, 2.24) is 10.2 Å². The molecule has 0 bridgehead atoms. The molecule has 2 aromatic rings. The second-order valence-corrected chi connectivity index (χ2v) is 7.32. The summed E-state index contributed by atoms with van der Waals surface area (Å²) in [5.41, 5.74) is 6.34. The van der Waals surface area contributed by atoms with E-state index in [-0.39, 0.29) is 11.5 Å². The molecule has 0 radical (unpaired) electrons. The Hall–Kier alpha value is -1.46. The van der Waals surface area contributed by atoms with Gasteiger partial charge in [0.25, 0.3) is 0 Å². The van der Waals surface area contributed by atoms with Crippen LogP contribution in [0.1, 0.15) is 42.1 Å². The van der Waals surface area contributed by atoms with Gasteiger partial charge in [-0.15, -0.1) is 10.2 Å². The monoisotopic (exact) mass is 315 g/mol. The summed E-state index contributed by atoms with van der Waals surface area (Å²) in [4.78, 5) is 2.37. The summed E-state index contributed by atoms with van der Waals surface area (Å²) in [7, 11) is 1.84. The number of hydrogen-bond acceptors (Lipinski definition) is 5. The van der Waals surface area contributed by atoms with E-state index in [1.54, 1.807) is 11.3 Å². The number of rotatable bonds is 2. The summed E-state index contributed by atoms with van der Waals surface area (Å²) in [6, 6.07) is 6.90. The van der Waals surface area contributed by atoms with Crippen LogP contribution in [-0.4, -0.2) is 30.4 Å². The lowest BCUT2D eigenvalue weighted by Crippen LogP contribution is -2.41. The molecule has 1 atom stereocenters. The van der Waals surface area contributed by atoms with Crippen LogP contribution in [0.4, 0.5) is 5.13 Å². The van der Waals surface area contributed by atoms with E-state index in [0.717, 1.165) is 24.6 Å². The van der Waals surface area contributed by atoms with Crippen LogP contribution < -0.4 is 4.90 Å². The average Bonchev–Trinajstić information content (AvgIpc) is 3.16. The average molecular weight is 315 g/mol. The van der Waals surface area contributed by atoms with Gasteiger partial charge in [-0.05, 0) is 37.3 Å². The van der Waals surface area contributed by atoms with Gasteiger partial charge in [0.15, 0.2) is 0 Å². The SMILES string of the molecule is COC1CC2(CCN(c3nncs3)CC2)c2ccc(C)cc21. The van der Waals surface area contributed by atoms with E-state index in [0.29, 0.717) is 0 Å². The van der Waals surface area contributed by atoms with Crippen molar-refractivity contribution in [1.29, 1.82) is 0 Å². The predicted octanol–water partition coefficient (Wildman–Crippen LogP) is 3.48. The smallest absolute Gasteiger partial charge is 0.208 e.